The van der Waals surface area contributed by atoms with E-state index >= 15 is 0 Å². The van der Waals surface area contributed by atoms with E-state index in [1.54, 1.807) is 25.3 Å². The van der Waals surface area contributed by atoms with Gasteiger partial charge in [0.25, 0.3) is 5.91 Å². The highest BCUT2D eigenvalue weighted by atomic mass is 35.5. The van der Waals surface area contributed by atoms with E-state index in [0.29, 0.717) is 27.7 Å². The Labute approximate surface area is 128 Å². The predicted molar refractivity (Wildman–Crippen MR) is 79.5 cm³/mol. The van der Waals surface area contributed by atoms with Crippen LogP contribution in [0.2, 0.25) is 10.0 Å². The molecule has 0 radical (unpaired) electrons. The number of halogens is 2. The maximum Gasteiger partial charge on any atom is 0.254 e. The fourth-order valence-corrected chi connectivity index (χ4v) is 3.73. The Balaban J connectivity index is 1.83. The second kappa shape index (κ2) is 5.55. The van der Waals surface area contributed by atoms with E-state index in [1.165, 1.54) is 0 Å². The first-order chi connectivity index (χ1) is 9.60. The van der Waals surface area contributed by atoms with Crippen molar-refractivity contribution in [3.8, 4) is 0 Å². The maximum absolute atomic E-state index is 12.7. The normalized spacial score (nSPS) is 28.8. The molecule has 2 fully saturated rings. The molecule has 20 heavy (non-hydrogen) atoms. The van der Waals surface area contributed by atoms with E-state index in [0.717, 1.165) is 25.7 Å². The molecule has 0 N–H and O–H groups in total. The molecule has 1 aromatic rings. The smallest absolute Gasteiger partial charge is 0.254 e. The topological polar surface area (TPSA) is 29.5 Å². The van der Waals surface area contributed by atoms with Gasteiger partial charge in [-0.15, -0.1) is 0 Å². The van der Waals surface area contributed by atoms with Gasteiger partial charge in [-0.05, 0) is 43.9 Å². The van der Waals surface area contributed by atoms with E-state index in [-0.39, 0.29) is 12.0 Å². The average molecular weight is 314 g/mol. The second-order valence-electron chi connectivity index (χ2n) is 5.56. The lowest BCUT2D eigenvalue weighted by molar-refractivity contribution is 0.00822. The number of fused-ring (bicyclic) bond motifs is 2. The first-order valence-corrected chi connectivity index (χ1v) is 7.66. The van der Waals surface area contributed by atoms with Gasteiger partial charge >= 0.3 is 0 Å². The van der Waals surface area contributed by atoms with Crippen molar-refractivity contribution in [3.63, 3.8) is 0 Å². The standard InChI is InChI=1S/C15H17Cl2NO2/c1-20-12-7-10-3-4-11(8-12)18(10)15(19)9-2-5-13(16)14(17)6-9/h2,5-6,10-12H,3-4,7-8H2,1H3. The number of ether oxygens (including phenoxy) is 1. The fraction of sp³-hybridized carbons (Fsp3) is 0.533. The molecule has 108 valence electrons. The predicted octanol–water partition coefficient (Wildman–Crippen LogP) is 3.78. The Bertz CT molecular complexity index is 521. The second-order valence-corrected chi connectivity index (χ2v) is 6.37. The van der Waals surface area contributed by atoms with E-state index in [4.69, 9.17) is 27.9 Å². The van der Waals surface area contributed by atoms with Crippen molar-refractivity contribution in [2.24, 2.45) is 0 Å². The van der Waals surface area contributed by atoms with Crippen LogP contribution in [0.15, 0.2) is 18.2 Å². The molecule has 0 saturated carbocycles. The third-order valence-corrected chi connectivity index (χ3v) is 5.16. The molecule has 0 aliphatic carbocycles. The lowest BCUT2D eigenvalue weighted by Gasteiger charge is -2.38. The zero-order valence-corrected chi connectivity index (χ0v) is 12.8. The summed E-state index contributed by atoms with van der Waals surface area (Å²) in [6.45, 7) is 0. The third-order valence-electron chi connectivity index (χ3n) is 4.42. The third kappa shape index (κ3) is 2.43. The summed E-state index contributed by atoms with van der Waals surface area (Å²) in [5.74, 6) is 0.0608. The Morgan fingerprint density at radius 3 is 2.40 bits per heavy atom. The van der Waals surface area contributed by atoms with Crippen molar-refractivity contribution in [1.29, 1.82) is 0 Å². The van der Waals surface area contributed by atoms with Crippen molar-refractivity contribution in [1.82, 2.24) is 4.90 Å². The van der Waals surface area contributed by atoms with Crippen LogP contribution >= 0.6 is 23.2 Å². The van der Waals surface area contributed by atoms with Gasteiger partial charge < -0.3 is 9.64 Å². The minimum Gasteiger partial charge on any atom is -0.381 e. The monoisotopic (exact) mass is 313 g/mol. The molecule has 2 heterocycles. The number of rotatable bonds is 2. The van der Waals surface area contributed by atoms with Gasteiger partial charge in [-0.2, -0.15) is 0 Å². The molecular weight excluding hydrogens is 297 g/mol. The van der Waals surface area contributed by atoms with Crippen LogP contribution in [0.1, 0.15) is 36.0 Å². The van der Waals surface area contributed by atoms with Gasteiger partial charge in [0.15, 0.2) is 0 Å². The molecule has 2 aliphatic rings. The van der Waals surface area contributed by atoms with Crippen LogP contribution in [-0.2, 0) is 4.74 Å². The minimum atomic E-state index is 0.0608. The summed E-state index contributed by atoms with van der Waals surface area (Å²) < 4.78 is 5.46. The van der Waals surface area contributed by atoms with Crippen molar-refractivity contribution >= 4 is 29.1 Å². The molecule has 2 aliphatic heterocycles. The Morgan fingerprint density at radius 1 is 1.20 bits per heavy atom. The highest BCUT2D eigenvalue weighted by Gasteiger charge is 2.43. The number of benzene rings is 1. The van der Waals surface area contributed by atoms with Crippen LogP contribution < -0.4 is 0 Å². The Kier molecular flexibility index (Phi) is 3.93. The summed E-state index contributed by atoms with van der Waals surface area (Å²) in [4.78, 5) is 14.7. The summed E-state index contributed by atoms with van der Waals surface area (Å²) in [7, 11) is 1.75. The van der Waals surface area contributed by atoms with Crippen LogP contribution in [0.3, 0.4) is 0 Å². The first-order valence-electron chi connectivity index (χ1n) is 6.90. The molecule has 2 saturated heterocycles. The number of hydrogen-bond acceptors (Lipinski definition) is 2. The molecule has 5 heteroatoms. The SMILES string of the molecule is COC1CC2CCC(C1)N2C(=O)c1ccc(Cl)c(Cl)c1. The van der Waals surface area contributed by atoms with Crippen LogP contribution in [0.4, 0.5) is 0 Å². The first kappa shape index (κ1) is 14.2. The minimum absolute atomic E-state index is 0.0608. The van der Waals surface area contributed by atoms with Crippen molar-refractivity contribution in [2.45, 2.75) is 43.9 Å². The number of carbonyl (C=O) groups excluding carboxylic acids is 1. The molecule has 2 unspecified atom stereocenters. The van der Waals surface area contributed by atoms with Gasteiger partial charge in [0, 0.05) is 24.8 Å². The summed E-state index contributed by atoms with van der Waals surface area (Å²) in [5, 5.41) is 0.904. The quantitative estimate of drug-likeness (QED) is 0.831. The van der Waals surface area contributed by atoms with Gasteiger partial charge in [0.05, 0.1) is 16.1 Å². The Morgan fingerprint density at radius 2 is 1.85 bits per heavy atom. The van der Waals surface area contributed by atoms with E-state index in [1.807, 2.05) is 4.90 Å². The van der Waals surface area contributed by atoms with Crippen LogP contribution in [0.25, 0.3) is 0 Å². The highest BCUT2D eigenvalue weighted by molar-refractivity contribution is 6.42. The van der Waals surface area contributed by atoms with Crippen molar-refractivity contribution < 1.29 is 9.53 Å². The Hall–Kier alpha value is -0.770. The summed E-state index contributed by atoms with van der Waals surface area (Å²) >= 11 is 11.9. The highest BCUT2D eigenvalue weighted by Crippen LogP contribution is 2.38. The molecule has 1 aromatic carbocycles. The molecule has 3 nitrogen and oxygen atoms in total. The van der Waals surface area contributed by atoms with Gasteiger partial charge in [0.1, 0.15) is 0 Å². The lowest BCUT2D eigenvalue weighted by Crippen LogP contribution is -2.48. The van der Waals surface area contributed by atoms with Gasteiger partial charge in [0.2, 0.25) is 0 Å². The van der Waals surface area contributed by atoms with Crippen molar-refractivity contribution in [3.05, 3.63) is 33.8 Å². The molecule has 1 amide bonds. The number of hydrogen-bond donors (Lipinski definition) is 0. The van der Waals surface area contributed by atoms with Gasteiger partial charge in [-0.3, -0.25) is 4.79 Å². The molecule has 2 bridgehead atoms. The lowest BCUT2D eigenvalue weighted by atomic mass is 9.98. The fourth-order valence-electron chi connectivity index (χ4n) is 3.43. The van der Waals surface area contributed by atoms with Crippen molar-refractivity contribution in [2.75, 3.05) is 7.11 Å². The zero-order valence-electron chi connectivity index (χ0n) is 11.3. The number of methoxy groups -OCH3 is 1. The zero-order chi connectivity index (χ0) is 14.3. The number of carbonyl (C=O) groups is 1. The van der Waals surface area contributed by atoms with Crippen LogP contribution in [-0.4, -0.2) is 36.1 Å². The van der Waals surface area contributed by atoms with E-state index in [2.05, 4.69) is 0 Å². The van der Waals surface area contributed by atoms with E-state index < -0.39 is 0 Å². The number of nitrogens with zero attached hydrogens (tertiary/aromatic N) is 1. The molecule has 3 rings (SSSR count). The molecule has 2 atom stereocenters. The summed E-state index contributed by atoms with van der Waals surface area (Å²) in [6.07, 6.45) is 4.28. The molecule has 0 aromatic heterocycles. The van der Waals surface area contributed by atoms with Crippen LogP contribution in [0, 0.1) is 0 Å². The molecule has 0 spiro atoms. The average Bonchev–Trinajstić information content (AvgIpc) is 2.71. The molecular formula is C15H17Cl2NO2. The summed E-state index contributed by atoms with van der Waals surface area (Å²) in [5.41, 5.74) is 0.618. The van der Waals surface area contributed by atoms with Gasteiger partial charge in [-0.1, -0.05) is 23.2 Å². The number of amides is 1. The largest absolute Gasteiger partial charge is 0.381 e. The van der Waals surface area contributed by atoms with Gasteiger partial charge in [-0.25, -0.2) is 0 Å². The summed E-state index contributed by atoms with van der Waals surface area (Å²) in [6, 6.07) is 5.68. The number of piperidine rings is 1. The van der Waals surface area contributed by atoms with E-state index in [9.17, 15) is 4.79 Å². The van der Waals surface area contributed by atoms with Crippen LogP contribution in [0.5, 0.6) is 0 Å². The maximum atomic E-state index is 12.7.